The van der Waals surface area contributed by atoms with Crippen molar-refractivity contribution in [3.05, 3.63) is 11.6 Å². The Labute approximate surface area is 69.7 Å². The molecule has 0 aliphatic heterocycles. The number of allylic oxidation sites excluding steroid dienone is 1. The third kappa shape index (κ3) is 3.06. The number of hydrogen-bond acceptors (Lipinski definition) is 1. The highest BCUT2D eigenvalue weighted by Gasteiger charge is 2.17. The lowest BCUT2D eigenvalue weighted by Crippen LogP contribution is -2.30. The first-order valence-corrected chi connectivity index (χ1v) is 4.62. The highest BCUT2D eigenvalue weighted by atomic mass is 14.7. The van der Waals surface area contributed by atoms with Gasteiger partial charge in [-0.1, -0.05) is 25.5 Å². The van der Waals surface area contributed by atoms with Crippen molar-refractivity contribution < 1.29 is 0 Å². The van der Waals surface area contributed by atoms with Crippen LogP contribution in [0.3, 0.4) is 0 Å². The first-order valence-electron chi connectivity index (χ1n) is 4.62. The zero-order valence-electron chi connectivity index (χ0n) is 7.64. The van der Waals surface area contributed by atoms with E-state index in [0.717, 1.165) is 18.8 Å². The first-order chi connectivity index (χ1) is 5.18. The monoisotopic (exact) mass is 153 g/mol. The summed E-state index contributed by atoms with van der Waals surface area (Å²) in [5, 5.41) is 0. The minimum atomic E-state index is 0.472. The minimum Gasteiger partial charge on any atom is -0.327 e. The lowest BCUT2D eigenvalue weighted by molar-refractivity contribution is 0.531. The van der Waals surface area contributed by atoms with E-state index in [9.17, 15) is 0 Å². The molecule has 0 heterocycles. The molecule has 0 bridgehead atoms. The molecule has 1 rings (SSSR count). The van der Waals surface area contributed by atoms with E-state index >= 15 is 0 Å². The lowest BCUT2D eigenvalue weighted by atomic mass is 9.86. The van der Waals surface area contributed by atoms with Gasteiger partial charge in [0.1, 0.15) is 0 Å². The fraction of sp³-hybridized carbons (Fsp3) is 0.800. The molecule has 0 spiro atoms. The van der Waals surface area contributed by atoms with E-state index in [1.807, 2.05) is 0 Å². The zero-order valence-corrected chi connectivity index (χ0v) is 7.64. The summed E-state index contributed by atoms with van der Waals surface area (Å²) in [6, 6.07) is 0.472. The average molecular weight is 153 g/mol. The Morgan fingerprint density at radius 2 is 2.18 bits per heavy atom. The molecule has 64 valence electrons. The molecule has 0 aromatic heterocycles. The van der Waals surface area contributed by atoms with E-state index in [1.165, 1.54) is 12.8 Å². The van der Waals surface area contributed by atoms with Crippen molar-refractivity contribution in [2.75, 3.05) is 0 Å². The standard InChI is InChI=1S/C10H19N/c1-8(2)4-3-5-9-6-10(11)7-9/h5,8,10H,3-4,6-7,11H2,1-2H3. The van der Waals surface area contributed by atoms with Crippen molar-refractivity contribution in [1.29, 1.82) is 0 Å². The maximum Gasteiger partial charge on any atom is 0.0113 e. The van der Waals surface area contributed by atoms with Crippen molar-refractivity contribution in [1.82, 2.24) is 0 Å². The van der Waals surface area contributed by atoms with Gasteiger partial charge in [-0.05, 0) is 31.6 Å². The summed E-state index contributed by atoms with van der Waals surface area (Å²) in [5.41, 5.74) is 7.24. The van der Waals surface area contributed by atoms with Crippen LogP contribution < -0.4 is 5.73 Å². The quantitative estimate of drug-likeness (QED) is 0.619. The maximum absolute atomic E-state index is 5.66. The molecule has 11 heavy (non-hydrogen) atoms. The molecule has 0 aromatic rings. The number of rotatable bonds is 3. The molecule has 1 heteroatoms. The Kier molecular flexibility index (Phi) is 3.13. The lowest BCUT2D eigenvalue weighted by Gasteiger charge is -2.25. The molecule has 0 unspecified atom stereocenters. The van der Waals surface area contributed by atoms with Crippen molar-refractivity contribution in [2.45, 2.75) is 45.6 Å². The van der Waals surface area contributed by atoms with E-state index in [0.29, 0.717) is 6.04 Å². The van der Waals surface area contributed by atoms with Crippen LogP contribution in [0.15, 0.2) is 11.6 Å². The Morgan fingerprint density at radius 1 is 1.55 bits per heavy atom. The Morgan fingerprint density at radius 3 is 2.64 bits per heavy atom. The van der Waals surface area contributed by atoms with Crippen LogP contribution in [0.4, 0.5) is 0 Å². The van der Waals surface area contributed by atoms with Crippen LogP contribution in [0.25, 0.3) is 0 Å². The second kappa shape index (κ2) is 3.91. The normalized spacial score (nSPS) is 23.6. The van der Waals surface area contributed by atoms with Crippen molar-refractivity contribution >= 4 is 0 Å². The molecule has 0 aromatic carbocycles. The molecule has 0 saturated heterocycles. The second-order valence-electron chi connectivity index (χ2n) is 4.00. The van der Waals surface area contributed by atoms with Crippen LogP contribution in [0.2, 0.25) is 0 Å². The van der Waals surface area contributed by atoms with Gasteiger partial charge in [-0.3, -0.25) is 0 Å². The molecule has 0 radical (unpaired) electrons. The highest BCUT2D eigenvalue weighted by molar-refractivity contribution is 5.14. The van der Waals surface area contributed by atoms with Gasteiger partial charge >= 0.3 is 0 Å². The molecule has 2 N–H and O–H groups in total. The van der Waals surface area contributed by atoms with Crippen LogP contribution >= 0.6 is 0 Å². The summed E-state index contributed by atoms with van der Waals surface area (Å²) < 4.78 is 0. The first kappa shape index (κ1) is 8.79. The van der Waals surface area contributed by atoms with Crippen LogP contribution in [0.5, 0.6) is 0 Å². The van der Waals surface area contributed by atoms with Gasteiger partial charge in [0, 0.05) is 6.04 Å². The molecule has 1 aliphatic carbocycles. The molecule has 1 nitrogen and oxygen atoms in total. The molecule has 1 saturated carbocycles. The van der Waals surface area contributed by atoms with E-state index < -0.39 is 0 Å². The largest absolute Gasteiger partial charge is 0.327 e. The summed E-state index contributed by atoms with van der Waals surface area (Å²) in [6.07, 6.45) is 7.25. The van der Waals surface area contributed by atoms with Gasteiger partial charge in [0.2, 0.25) is 0 Å². The van der Waals surface area contributed by atoms with Crippen molar-refractivity contribution in [3.63, 3.8) is 0 Å². The third-order valence-electron chi connectivity index (χ3n) is 2.23. The minimum absolute atomic E-state index is 0.472. The summed E-state index contributed by atoms with van der Waals surface area (Å²) in [4.78, 5) is 0. The predicted octanol–water partition coefficient (Wildman–Crippen LogP) is 2.47. The molecule has 0 amide bonds. The predicted molar refractivity (Wildman–Crippen MR) is 49.4 cm³/mol. The van der Waals surface area contributed by atoms with Crippen LogP contribution in [-0.4, -0.2) is 6.04 Å². The number of nitrogens with two attached hydrogens (primary N) is 1. The fourth-order valence-electron chi connectivity index (χ4n) is 1.40. The molecule has 1 fully saturated rings. The SMILES string of the molecule is CC(C)CCC=C1CC(N)C1. The average Bonchev–Trinajstić information content (AvgIpc) is 1.83. The van der Waals surface area contributed by atoms with E-state index in [-0.39, 0.29) is 0 Å². The molecule has 0 atom stereocenters. The topological polar surface area (TPSA) is 26.0 Å². The number of hydrogen-bond donors (Lipinski definition) is 1. The Bertz CT molecular complexity index is 139. The maximum atomic E-state index is 5.66. The van der Waals surface area contributed by atoms with E-state index in [1.54, 1.807) is 5.57 Å². The fourth-order valence-corrected chi connectivity index (χ4v) is 1.40. The summed E-state index contributed by atoms with van der Waals surface area (Å²) >= 11 is 0. The van der Waals surface area contributed by atoms with Gasteiger partial charge in [0.05, 0.1) is 0 Å². The smallest absolute Gasteiger partial charge is 0.0113 e. The zero-order chi connectivity index (χ0) is 8.27. The van der Waals surface area contributed by atoms with Crippen molar-refractivity contribution in [2.24, 2.45) is 11.7 Å². The van der Waals surface area contributed by atoms with Crippen LogP contribution in [0, 0.1) is 5.92 Å². The summed E-state index contributed by atoms with van der Waals surface area (Å²) in [7, 11) is 0. The molecular weight excluding hydrogens is 134 g/mol. The van der Waals surface area contributed by atoms with Crippen LogP contribution in [0.1, 0.15) is 39.5 Å². The van der Waals surface area contributed by atoms with E-state index in [2.05, 4.69) is 19.9 Å². The van der Waals surface area contributed by atoms with Crippen LogP contribution in [-0.2, 0) is 0 Å². The van der Waals surface area contributed by atoms with E-state index in [4.69, 9.17) is 5.73 Å². The summed E-state index contributed by atoms with van der Waals surface area (Å²) in [6.45, 7) is 4.54. The van der Waals surface area contributed by atoms with Gasteiger partial charge in [0.15, 0.2) is 0 Å². The van der Waals surface area contributed by atoms with Gasteiger partial charge < -0.3 is 5.73 Å². The molecular formula is C10H19N. The second-order valence-corrected chi connectivity index (χ2v) is 4.00. The van der Waals surface area contributed by atoms with Gasteiger partial charge in [0.25, 0.3) is 0 Å². The molecule has 1 aliphatic rings. The van der Waals surface area contributed by atoms with Gasteiger partial charge in [-0.25, -0.2) is 0 Å². The van der Waals surface area contributed by atoms with Gasteiger partial charge in [-0.2, -0.15) is 0 Å². The van der Waals surface area contributed by atoms with Gasteiger partial charge in [-0.15, -0.1) is 0 Å². The Hall–Kier alpha value is -0.300. The Balaban J connectivity index is 2.07. The third-order valence-corrected chi connectivity index (χ3v) is 2.23. The summed E-state index contributed by atoms with van der Waals surface area (Å²) in [5.74, 6) is 0.834. The highest BCUT2D eigenvalue weighted by Crippen LogP contribution is 2.25. The van der Waals surface area contributed by atoms with Crippen molar-refractivity contribution in [3.8, 4) is 0 Å².